The van der Waals surface area contributed by atoms with Crippen LogP contribution >= 0.6 is 0 Å². The van der Waals surface area contributed by atoms with Gasteiger partial charge in [0.15, 0.2) is 0 Å². The molecule has 2 rings (SSSR count). The molecule has 0 radical (unpaired) electrons. The summed E-state index contributed by atoms with van der Waals surface area (Å²) in [6.07, 6.45) is 2.64. The Morgan fingerprint density at radius 2 is 2.46 bits per heavy atom. The topological polar surface area (TPSA) is 60.9 Å². The molecule has 0 amide bonds. The number of aromatic nitrogens is 2. The van der Waals surface area contributed by atoms with Crippen LogP contribution in [0.1, 0.15) is 17.7 Å². The Morgan fingerprint density at radius 1 is 1.69 bits per heavy atom. The second kappa shape index (κ2) is 2.96. The maximum atomic E-state index is 11.2. The van der Waals surface area contributed by atoms with Crippen molar-refractivity contribution in [3.05, 3.63) is 27.7 Å². The van der Waals surface area contributed by atoms with E-state index in [-0.39, 0.29) is 11.6 Å². The largest absolute Gasteiger partial charge is 0.327 e. The summed E-state index contributed by atoms with van der Waals surface area (Å²) in [5, 5.41) is 4.19. The first kappa shape index (κ1) is 8.44. The van der Waals surface area contributed by atoms with Crippen LogP contribution in [0.2, 0.25) is 0 Å². The molecule has 0 spiro atoms. The first-order chi connectivity index (χ1) is 6.16. The number of aryl methyl sites for hydroxylation is 2. The highest BCUT2D eigenvalue weighted by atomic mass is 16.1. The molecule has 4 nitrogen and oxygen atoms in total. The summed E-state index contributed by atoms with van der Waals surface area (Å²) < 4.78 is 1.37. The third-order valence-corrected chi connectivity index (χ3v) is 2.50. The number of hydrogen-bond donors (Lipinski definition) is 1. The molecule has 1 aliphatic carbocycles. The number of fused-ring (bicyclic) bond motifs is 1. The average Bonchev–Trinajstić information content (AvgIpc) is 2.08. The van der Waals surface area contributed by atoms with Crippen LogP contribution < -0.4 is 11.3 Å². The fourth-order valence-electron chi connectivity index (χ4n) is 1.70. The number of hydrogen-bond acceptors (Lipinski definition) is 3. The van der Waals surface area contributed by atoms with Gasteiger partial charge in [-0.3, -0.25) is 4.79 Å². The molecule has 0 aliphatic heterocycles. The molecule has 13 heavy (non-hydrogen) atoms. The first-order valence-electron chi connectivity index (χ1n) is 4.48. The Labute approximate surface area is 76.4 Å². The van der Waals surface area contributed by atoms with Gasteiger partial charge >= 0.3 is 0 Å². The third kappa shape index (κ3) is 1.49. The fraction of sp³-hybridized carbons (Fsp3) is 0.556. The van der Waals surface area contributed by atoms with Crippen LogP contribution in [0.4, 0.5) is 0 Å². The molecule has 0 saturated heterocycles. The van der Waals surface area contributed by atoms with Gasteiger partial charge in [0.05, 0.1) is 5.69 Å². The summed E-state index contributed by atoms with van der Waals surface area (Å²) in [5.41, 5.74) is 7.84. The molecule has 1 aliphatic rings. The van der Waals surface area contributed by atoms with E-state index in [0.717, 1.165) is 30.5 Å². The van der Waals surface area contributed by atoms with Gasteiger partial charge < -0.3 is 5.73 Å². The lowest BCUT2D eigenvalue weighted by Gasteiger charge is -2.19. The van der Waals surface area contributed by atoms with Gasteiger partial charge in [0, 0.05) is 25.6 Å². The second-order valence-electron chi connectivity index (χ2n) is 3.58. The Kier molecular flexibility index (Phi) is 1.92. The normalized spacial score (nSPS) is 21.2. The Hall–Kier alpha value is -1.16. The number of rotatable bonds is 0. The van der Waals surface area contributed by atoms with Crippen molar-refractivity contribution in [3.8, 4) is 0 Å². The Morgan fingerprint density at radius 3 is 3.23 bits per heavy atom. The van der Waals surface area contributed by atoms with Gasteiger partial charge in [-0.05, 0) is 18.4 Å². The smallest absolute Gasteiger partial charge is 0.266 e. The molecular formula is C9H13N3O. The van der Waals surface area contributed by atoms with Crippen LogP contribution in [-0.2, 0) is 19.9 Å². The molecule has 1 atom stereocenters. The Bertz CT molecular complexity index is 383. The van der Waals surface area contributed by atoms with Crippen LogP contribution in [0, 0.1) is 0 Å². The molecule has 0 bridgehead atoms. The van der Waals surface area contributed by atoms with Gasteiger partial charge in [-0.15, -0.1) is 0 Å². The van der Waals surface area contributed by atoms with Crippen molar-refractivity contribution >= 4 is 0 Å². The van der Waals surface area contributed by atoms with Crippen LogP contribution in [0.15, 0.2) is 10.9 Å². The van der Waals surface area contributed by atoms with Crippen LogP contribution in [0.3, 0.4) is 0 Å². The van der Waals surface area contributed by atoms with Gasteiger partial charge in [0.1, 0.15) is 0 Å². The van der Waals surface area contributed by atoms with Crippen molar-refractivity contribution in [1.29, 1.82) is 0 Å². The zero-order valence-corrected chi connectivity index (χ0v) is 7.66. The van der Waals surface area contributed by atoms with Gasteiger partial charge in [-0.1, -0.05) is 0 Å². The molecule has 0 saturated carbocycles. The standard InChI is InChI=1S/C9H13N3O/c1-12-9(13)4-6-2-3-7(10)5-8(6)11-12/h4,7H,2-3,5,10H2,1H3. The Balaban J connectivity index is 2.49. The van der Waals surface area contributed by atoms with Gasteiger partial charge in [-0.2, -0.15) is 5.10 Å². The van der Waals surface area contributed by atoms with Crippen molar-refractivity contribution in [2.75, 3.05) is 0 Å². The zero-order valence-electron chi connectivity index (χ0n) is 7.66. The van der Waals surface area contributed by atoms with Crippen LogP contribution in [-0.4, -0.2) is 15.8 Å². The summed E-state index contributed by atoms with van der Waals surface area (Å²) in [6.45, 7) is 0. The molecule has 1 aromatic rings. The monoisotopic (exact) mass is 179 g/mol. The molecule has 0 aromatic carbocycles. The van der Waals surface area contributed by atoms with Crippen molar-refractivity contribution in [3.63, 3.8) is 0 Å². The van der Waals surface area contributed by atoms with Crippen molar-refractivity contribution in [2.24, 2.45) is 12.8 Å². The molecule has 0 fully saturated rings. The molecule has 4 heteroatoms. The van der Waals surface area contributed by atoms with Gasteiger partial charge in [-0.25, -0.2) is 4.68 Å². The number of nitrogens with zero attached hydrogens (tertiary/aromatic N) is 2. The molecule has 1 unspecified atom stereocenters. The second-order valence-corrected chi connectivity index (χ2v) is 3.58. The maximum absolute atomic E-state index is 11.2. The number of nitrogens with two attached hydrogens (primary N) is 1. The summed E-state index contributed by atoms with van der Waals surface area (Å²) in [4.78, 5) is 11.2. The quantitative estimate of drug-likeness (QED) is 0.589. The zero-order chi connectivity index (χ0) is 9.42. The highest BCUT2D eigenvalue weighted by molar-refractivity contribution is 5.21. The molecule has 70 valence electrons. The summed E-state index contributed by atoms with van der Waals surface area (Å²) >= 11 is 0. The van der Waals surface area contributed by atoms with E-state index in [1.807, 2.05) is 0 Å². The van der Waals surface area contributed by atoms with Gasteiger partial charge in [0.25, 0.3) is 5.56 Å². The minimum absolute atomic E-state index is 0.0331. The summed E-state index contributed by atoms with van der Waals surface area (Å²) in [7, 11) is 1.67. The predicted molar refractivity (Wildman–Crippen MR) is 49.5 cm³/mol. The molecular weight excluding hydrogens is 166 g/mol. The van der Waals surface area contributed by atoms with E-state index in [2.05, 4.69) is 5.10 Å². The average molecular weight is 179 g/mol. The third-order valence-electron chi connectivity index (χ3n) is 2.50. The van der Waals surface area contributed by atoms with Crippen molar-refractivity contribution in [1.82, 2.24) is 9.78 Å². The van der Waals surface area contributed by atoms with E-state index in [4.69, 9.17) is 5.73 Å². The minimum atomic E-state index is -0.0331. The first-order valence-corrected chi connectivity index (χ1v) is 4.48. The van der Waals surface area contributed by atoms with E-state index in [1.54, 1.807) is 13.1 Å². The fourth-order valence-corrected chi connectivity index (χ4v) is 1.70. The predicted octanol–water partition coefficient (Wildman–Crippen LogP) is -0.404. The van der Waals surface area contributed by atoms with E-state index in [1.165, 1.54) is 4.68 Å². The van der Waals surface area contributed by atoms with Crippen molar-refractivity contribution in [2.45, 2.75) is 25.3 Å². The van der Waals surface area contributed by atoms with Crippen molar-refractivity contribution < 1.29 is 0 Å². The lowest BCUT2D eigenvalue weighted by molar-refractivity contribution is 0.538. The lowest BCUT2D eigenvalue weighted by Crippen LogP contribution is -2.32. The van der Waals surface area contributed by atoms with E-state index < -0.39 is 0 Å². The molecule has 1 heterocycles. The highest BCUT2D eigenvalue weighted by Crippen LogP contribution is 2.15. The maximum Gasteiger partial charge on any atom is 0.266 e. The minimum Gasteiger partial charge on any atom is -0.327 e. The molecule has 2 N–H and O–H groups in total. The summed E-state index contributed by atoms with van der Waals surface area (Å²) in [6, 6.07) is 1.88. The van der Waals surface area contributed by atoms with Crippen LogP contribution in [0.25, 0.3) is 0 Å². The van der Waals surface area contributed by atoms with E-state index >= 15 is 0 Å². The highest BCUT2D eigenvalue weighted by Gasteiger charge is 2.17. The lowest BCUT2D eigenvalue weighted by atomic mass is 9.93. The van der Waals surface area contributed by atoms with Crippen LogP contribution in [0.5, 0.6) is 0 Å². The summed E-state index contributed by atoms with van der Waals surface area (Å²) in [5.74, 6) is 0. The van der Waals surface area contributed by atoms with E-state index in [9.17, 15) is 4.79 Å². The molecule has 1 aromatic heterocycles. The SMILES string of the molecule is Cn1nc2c(cc1=O)CCC(N)C2. The van der Waals surface area contributed by atoms with Gasteiger partial charge in [0.2, 0.25) is 0 Å². The van der Waals surface area contributed by atoms with E-state index in [0.29, 0.717) is 0 Å².